The van der Waals surface area contributed by atoms with Crippen LogP contribution in [0.2, 0.25) is 0 Å². The van der Waals surface area contributed by atoms with Crippen LogP contribution in [0.3, 0.4) is 0 Å². The standard InChI is InChI=1S/C20H25NO2/c1-12-10-14-15-4-5-18(21-23)20(15,3)9-7-16(14)19(2)8-6-13(22)11-17(12)19/h6,8,11,14-16,18H,1,4-5,7,9-10H2,2-3H3/t14?,15?,16?,18-,19+,20-/m0/s1. The monoisotopic (exact) mass is 311 g/mol. The summed E-state index contributed by atoms with van der Waals surface area (Å²) in [6.45, 7) is 8.86. The summed E-state index contributed by atoms with van der Waals surface area (Å²) in [5.74, 6) is 1.76. The maximum atomic E-state index is 11.8. The molecule has 4 rings (SSSR count). The molecule has 0 amide bonds. The minimum absolute atomic E-state index is 0.0186. The molecule has 122 valence electrons. The fraction of sp³-hybridized carbons (Fsp3) is 0.650. The van der Waals surface area contributed by atoms with E-state index in [2.05, 4.69) is 31.7 Å². The number of ketones is 1. The average Bonchev–Trinajstić information content (AvgIpc) is 2.86. The largest absolute Gasteiger partial charge is 0.290 e. The summed E-state index contributed by atoms with van der Waals surface area (Å²) < 4.78 is 0. The van der Waals surface area contributed by atoms with Crippen LogP contribution in [0.15, 0.2) is 41.1 Å². The van der Waals surface area contributed by atoms with Crippen LogP contribution in [-0.2, 0) is 4.79 Å². The van der Waals surface area contributed by atoms with Crippen LogP contribution in [0, 0.1) is 33.5 Å². The third kappa shape index (κ3) is 1.85. The Morgan fingerprint density at radius 2 is 2.00 bits per heavy atom. The van der Waals surface area contributed by atoms with Crippen molar-refractivity contribution in [2.24, 2.45) is 33.8 Å². The Morgan fingerprint density at radius 3 is 2.74 bits per heavy atom. The van der Waals surface area contributed by atoms with E-state index < -0.39 is 0 Å². The predicted molar refractivity (Wildman–Crippen MR) is 90.7 cm³/mol. The van der Waals surface area contributed by atoms with Crippen LogP contribution >= 0.6 is 0 Å². The van der Waals surface area contributed by atoms with Crippen molar-refractivity contribution < 1.29 is 4.79 Å². The molecule has 3 heteroatoms. The van der Waals surface area contributed by atoms with Gasteiger partial charge in [0.1, 0.15) is 0 Å². The molecular weight excluding hydrogens is 286 g/mol. The molecule has 0 heterocycles. The quantitative estimate of drug-likeness (QED) is 0.665. The summed E-state index contributed by atoms with van der Waals surface area (Å²) in [5, 5.41) is 3.47. The molecule has 0 radical (unpaired) electrons. The lowest BCUT2D eigenvalue weighted by Gasteiger charge is -2.56. The third-order valence-electron chi connectivity index (χ3n) is 7.61. The molecule has 0 N–H and O–H groups in total. The van der Waals surface area contributed by atoms with Crippen molar-refractivity contribution in [2.75, 3.05) is 0 Å². The second-order valence-electron chi connectivity index (χ2n) is 8.50. The zero-order valence-corrected chi connectivity index (χ0v) is 14.0. The van der Waals surface area contributed by atoms with Gasteiger partial charge < -0.3 is 0 Å². The van der Waals surface area contributed by atoms with Gasteiger partial charge in [-0.25, -0.2) is 0 Å². The number of nitroso groups, excluding NO2 is 1. The minimum atomic E-state index is -0.0675. The number of hydrogen-bond acceptors (Lipinski definition) is 3. The van der Waals surface area contributed by atoms with Crippen LogP contribution in [0.5, 0.6) is 0 Å². The van der Waals surface area contributed by atoms with E-state index in [1.165, 1.54) is 0 Å². The van der Waals surface area contributed by atoms with Gasteiger partial charge in [-0.15, -0.1) is 0 Å². The van der Waals surface area contributed by atoms with Crippen molar-refractivity contribution in [3.05, 3.63) is 40.9 Å². The highest BCUT2D eigenvalue weighted by molar-refractivity contribution is 6.01. The number of allylic oxidation sites excluding steroid dienone is 5. The van der Waals surface area contributed by atoms with Gasteiger partial charge in [0.2, 0.25) is 0 Å². The van der Waals surface area contributed by atoms with E-state index in [9.17, 15) is 9.70 Å². The number of fused-ring (bicyclic) bond motifs is 5. The fourth-order valence-electron chi connectivity index (χ4n) is 6.35. The molecule has 0 saturated heterocycles. The number of carbonyl (C=O) groups is 1. The fourth-order valence-corrected chi connectivity index (χ4v) is 6.35. The number of nitrogens with zero attached hydrogens (tertiary/aromatic N) is 1. The van der Waals surface area contributed by atoms with E-state index in [4.69, 9.17) is 0 Å². The van der Waals surface area contributed by atoms with Crippen molar-refractivity contribution in [3.63, 3.8) is 0 Å². The summed E-state index contributed by atoms with van der Waals surface area (Å²) >= 11 is 0. The van der Waals surface area contributed by atoms with E-state index in [0.717, 1.165) is 43.3 Å². The number of carbonyl (C=O) groups excluding carboxylic acids is 1. The van der Waals surface area contributed by atoms with Gasteiger partial charge in [-0.3, -0.25) is 4.79 Å². The van der Waals surface area contributed by atoms with Crippen LogP contribution in [0.1, 0.15) is 46.0 Å². The summed E-state index contributed by atoms with van der Waals surface area (Å²) in [6, 6.07) is -0.0186. The summed E-state index contributed by atoms with van der Waals surface area (Å²) in [6.07, 6.45) is 10.9. The van der Waals surface area contributed by atoms with Gasteiger partial charge in [-0.2, -0.15) is 4.91 Å². The molecule has 3 fully saturated rings. The second kappa shape index (κ2) is 4.75. The van der Waals surface area contributed by atoms with Crippen LogP contribution < -0.4 is 0 Å². The van der Waals surface area contributed by atoms with Crippen molar-refractivity contribution in [3.8, 4) is 0 Å². The first kappa shape index (κ1) is 15.0. The summed E-state index contributed by atoms with van der Waals surface area (Å²) in [7, 11) is 0. The molecule has 0 bridgehead atoms. The predicted octanol–water partition coefficient (Wildman–Crippen LogP) is 4.60. The van der Waals surface area contributed by atoms with E-state index >= 15 is 0 Å². The molecule has 6 atom stereocenters. The molecule has 0 spiro atoms. The molecule has 0 aromatic heterocycles. The lowest BCUT2D eigenvalue weighted by molar-refractivity contribution is -0.110. The zero-order chi connectivity index (χ0) is 16.4. The molecule has 3 saturated carbocycles. The zero-order valence-electron chi connectivity index (χ0n) is 14.0. The molecule has 3 nitrogen and oxygen atoms in total. The summed E-state index contributed by atoms with van der Waals surface area (Å²) in [5.41, 5.74) is 2.27. The first-order valence-electron chi connectivity index (χ1n) is 8.86. The molecule has 23 heavy (non-hydrogen) atoms. The Bertz CT molecular complexity index is 661. The van der Waals surface area contributed by atoms with Crippen molar-refractivity contribution in [2.45, 2.75) is 52.0 Å². The Kier molecular flexibility index (Phi) is 3.11. The maximum absolute atomic E-state index is 11.8. The van der Waals surface area contributed by atoms with E-state index in [-0.39, 0.29) is 22.7 Å². The Hall–Kier alpha value is -1.51. The maximum Gasteiger partial charge on any atom is 0.178 e. The van der Waals surface area contributed by atoms with Gasteiger partial charge in [0, 0.05) is 5.41 Å². The highest BCUT2D eigenvalue weighted by Crippen LogP contribution is 2.65. The minimum Gasteiger partial charge on any atom is -0.290 e. The van der Waals surface area contributed by atoms with Crippen molar-refractivity contribution in [1.29, 1.82) is 0 Å². The SMILES string of the molecule is C=C1CC2C(CC[C@@]3(C)C2CC[C@@H]3N=O)[C@@]2(C)C=CC(=O)C=C12. The molecular formula is C20H25NO2. The van der Waals surface area contributed by atoms with Gasteiger partial charge in [0.05, 0.1) is 6.04 Å². The van der Waals surface area contributed by atoms with Crippen molar-refractivity contribution >= 4 is 5.78 Å². The second-order valence-corrected chi connectivity index (χ2v) is 8.50. The van der Waals surface area contributed by atoms with Crippen LogP contribution in [-0.4, -0.2) is 11.8 Å². The summed E-state index contributed by atoms with van der Waals surface area (Å²) in [4.78, 5) is 23.1. The molecule has 0 aliphatic heterocycles. The van der Waals surface area contributed by atoms with Crippen molar-refractivity contribution in [1.82, 2.24) is 0 Å². The first-order valence-corrected chi connectivity index (χ1v) is 8.86. The molecule has 4 aliphatic carbocycles. The van der Waals surface area contributed by atoms with Gasteiger partial charge in [-0.1, -0.05) is 37.3 Å². The van der Waals surface area contributed by atoms with Gasteiger partial charge in [0.15, 0.2) is 5.78 Å². The molecule has 0 aromatic carbocycles. The average molecular weight is 311 g/mol. The third-order valence-corrected chi connectivity index (χ3v) is 7.61. The Labute approximate surface area is 137 Å². The van der Waals surface area contributed by atoms with Crippen LogP contribution in [0.25, 0.3) is 0 Å². The van der Waals surface area contributed by atoms with Crippen LogP contribution in [0.4, 0.5) is 0 Å². The highest BCUT2D eigenvalue weighted by Gasteiger charge is 2.59. The topological polar surface area (TPSA) is 46.5 Å². The van der Waals surface area contributed by atoms with E-state index in [1.807, 2.05) is 0 Å². The number of rotatable bonds is 1. The Morgan fingerprint density at radius 1 is 1.22 bits per heavy atom. The lowest BCUT2D eigenvalue weighted by atomic mass is 9.47. The molecule has 3 unspecified atom stereocenters. The number of hydrogen-bond donors (Lipinski definition) is 0. The lowest BCUT2D eigenvalue weighted by Crippen LogP contribution is -2.50. The highest BCUT2D eigenvalue weighted by atomic mass is 16.3. The Balaban J connectivity index is 1.75. The van der Waals surface area contributed by atoms with Gasteiger partial charge in [-0.05, 0) is 73.0 Å². The van der Waals surface area contributed by atoms with E-state index in [0.29, 0.717) is 17.8 Å². The van der Waals surface area contributed by atoms with E-state index in [1.54, 1.807) is 12.2 Å². The molecule has 0 aromatic rings. The van der Waals surface area contributed by atoms with Gasteiger partial charge in [0.25, 0.3) is 0 Å². The molecule has 4 aliphatic rings. The smallest absolute Gasteiger partial charge is 0.178 e. The normalized spacial score (nSPS) is 48.3. The van der Waals surface area contributed by atoms with Gasteiger partial charge >= 0.3 is 0 Å². The first-order chi connectivity index (χ1) is 10.9.